The first-order chi connectivity index (χ1) is 8.18. The molecule has 17 heavy (non-hydrogen) atoms. The molecule has 98 valence electrons. The molecular weight excluding hydrogens is 214 g/mol. The maximum absolute atomic E-state index is 12.3. The summed E-state index contributed by atoms with van der Waals surface area (Å²) in [6, 6.07) is 0. The topological polar surface area (TPSA) is 40.5 Å². The standard InChI is InChI=1S/C14H25NO2/c1-11(16)12-7-9-15(10-8-12)14(17)13-5-3-2-4-6-13/h11-13,16H,2-10H2,1H3. The monoisotopic (exact) mass is 239 g/mol. The molecule has 0 radical (unpaired) electrons. The van der Waals surface area contributed by atoms with Crippen LogP contribution >= 0.6 is 0 Å². The molecule has 1 atom stereocenters. The molecule has 1 saturated carbocycles. The van der Waals surface area contributed by atoms with Crippen LogP contribution in [0.25, 0.3) is 0 Å². The average molecular weight is 239 g/mol. The number of piperidine rings is 1. The summed E-state index contributed by atoms with van der Waals surface area (Å²) in [7, 11) is 0. The van der Waals surface area contributed by atoms with Crippen molar-refractivity contribution in [2.24, 2.45) is 11.8 Å². The van der Waals surface area contributed by atoms with E-state index < -0.39 is 0 Å². The molecule has 1 unspecified atom stereocenters. The Morgan fingerprint density at radius 3 is 2.24 bits per heavy atom. The fourth-order valence-electron chi connectivity index (χ4n) is 3.21. The smallest absolute Gasteiger partial charge is 0.225 e. The van der Waals surface area contributed by atoms with Crippen LogP contribution in [0, 0.1) is 11.8 Å². The van der Waals surface area contributed by atoms with Crippen LogP contribution in [0.5, 0.6) is 0 Å². The number of amides is 1. The summed E-state index contributed by atoms with van der Waals surface area (Å²) < 4.78 is 0. The van der Waals surface area contributed by atoms with Crippen molar-refractivity contribution in [3.05, 3.63) is 0 Å². The maximum atomic E-state index is 12.3. The van der Waals surface area contributed by atoms with Crippen LogP contribution in [-0.2, 0) is 4.79 Å². The van der Waals surface area contributed by atoms with E-state index in [0.29, 0.717) is 17.7 Å². The van der Waals surface area contributed by atoms with Crippen molar-refractivity contribution in [2.75, 3.05) is 13.1 Å². The van der Waals surface area contributed by atoms with E-state index in [2.05, 4.69) is 0 Å². The van der Waals surface area contributed by atoms with Gasteiger partial charge in [0.1, 0.15) is 0 Å². The molecule has 2 fully saturated rings. The fraction of sp³-hybridized carbons (Fsp3) is 0.929. The lowest BCUT2D eigenvalue weighted by atomic mass is 9.86. The average Bonchev–Trinajstić information content (AvgIpc) is 2.39. The van der Waals surface area contributed by atoms with E-state index in [0.717, 1.165) is 38.8 Å². The van der Waals surface area contributed by atoms with E-state index in [1.807, 2.05) is 11.8 Å². The van der Waals surface area contributed by atoms with Crippen LogP contribution in [-0.4, -0.2) is 35.1 Å². The molecule has 1 aliphatic heterocycles. The molecule has 1 saturated heterocycles. The number of aliphatic hydroxyl groups excluding tert-OH is 1. The van der Waals surface area contributed by atoms with Gasteiger partial charge in [-0.15, -0.1) is 0 Å². The second-order valence-electron chi connectivity index (χ2n) is 5.74. The number of hydrogen-bond acceptors (Lipinski definition) is 2. The van der Waals surface area contributed by atoms with Gasteiger partial charge < -0.3 is 10.0 Å². The first-order valence-electron chi connectivity index (χ1n) is 7.15. The van der Waals surface area contributed by atoms with Gasteiger partial charge >= 0.3 is 0 Å². The minimum atomic E-state index is -0.220. The number of carbonyl (C=O) groups excluding carboxylic acids is 1. The molecule has 2 rings (SSSR count). The van der Waals surface area contributed by atoms with Gasteiger partial charge in [-0.05, 0) is 38.5 Å². The van der Waals surface area contributed by atoms with Crippen molar-refractivity contribution < 1.29 is 9.90 Å². The Morgan fingerprint density at radius 2 is 1.71 bits per heavy atom. The number of rotatable bonds is 2. The third-order valence-corrected chi connectivity index (χ3v) is 4.49. The maximum Gasteiger partial charge on any atom is 0.225 e. The Morgan fingerprint density at radius 1 is 1.12 bits per heavy atom. The van der Waals surface area contributed by atoms with Crippen molar-refractivity contribution in [3.63, 3.8) is 0 Å². The van der Waals surface area contributed by atoms with Gasteiger partial charge in [-0.1, -0.05) is 19.3 Å². The lowest BCUT2D eigenvalue weighted by molar-refractivity contribution is -0.138. The van der Waals surface area contributed by atoms with E-state index in [1.165, 1.54) is 19.3 Å². The lowest BCUT2D eigenvalue weighted by Gasteiger charge is -2.36. The van der Waals surface area contributed by atoms with Crippen molar-refractivity contribution in [1.29, 1.82) is 0 Å². The first-order valence-corrected chi connectivity index (χ1v) is 7.15. The van der Waals surface area contributed by atoms with Gasteiger partial charge in [0, 0.05) is 19.0 Å². The highest BCUT2D eigenvalue weighted by Crippen LogP contribution is 2.28. The molecule has 0 aromatic carbocycles. The number of nitrogens with zero attached hydrogens (tertiary/aromatic N) is 1. The first kappa shape index (κ1) is 12.9. The summed E-state index contributed by atoms with van der Waals surface area (Å²) in [5, 5.41) is 9.55. The van der Waals surface area contributed by atoms with Gasteiger partial charge in [0.25, 0.3) is 0 Å². The molecule has 1 heterocycles. The predicted octanol–water partition coefficient (Wildman–Crippen LogP) is 2.19. The van der Waals surface area contributed by atoms with Crippen molar-refractivity contribution >= 4 is 5.91 Å². The molecule has 2 aliphatic rings. The Balaban J connectivity index is 1.81. The minimum Gasteiger partial charge on any atom is -0.393 e. The molecule has 1 N–H and O–H groups in total. The summed E-state index contributed by atoms with van der Waals surface area (Å²) in [6.45, 7) is 3.57. The van der Waals surface area contributed by atoms with Gasteiger partial charge in [-0.25, -0.2) is 0 Å². The lowest BCUT2D eigenvalue weighted by Crippen LogP contribution is -2.43. The number of hydrogen-bond donors (Lipinski definition) is 1. The molecule has 0 aromatic heterocycles. The van der Waals surface area contributed by atoms with E-state index in [1.54, 1.807) is 0 Å². The predicted molar refractivity (Wildman–Crippen MR) is 67.6 cm³/mol. The van der Waals surface area contributed by atoms with Gasteiger partial charge in [0.2, 0.25) is 5.91 Å². The van der Waals surface area contributed by atoms with Crippen LogP contribution in [0.15, 0.2) is 0 Å². The van der Waals surface area contributed by atoms with Crippen LogP contribution in [0.2, 0.25) is 0 Å². The van der Waals surface area contributed by atoms with Crippen LogP contribution < -0.4 is 0 Å². The highest BCUT2D eigenvalue weighted by atomic mass is 16.3. The molecule has 3 heteroatoms. The molecular formula is C14H25NO2. The minimum absolute atomic E-state index is 0.220. The largest absolute Gasteiger partial charge is 0.393 e. The summed E-state index contributed by atoms with van der Waals surface area (Å²) in [5.74, 6) is 1.07. The molecule has 0 bridgehead atoms. The zero-order chi connectivity index (χ0) is 12.3. The van der Waals surface area contributed by atoms with E-state index in [4.69, 9.17) is 0 Å². The quantitative estimate of drug-likeness (QED) is 0.802. The SMILES string of the molecule is CC(O)C1CCN(C(=O)C2CCCCC2)CC1. The van der Waals surface area contributed by atoms with Gasteiger partial charge in [0.15, 0.2) is 0 Å². The van der Waals surface area contributed by atoms with Crippen LogP contribution in [0.1, 0.15) is 51.9 Å². The summed E-state index contributed by atoms with van der Waals surface area (Å²) in [6.07, 6.45) is 7.65. The van der Waals surface area contributed by atoms with E-state index in [9.17, 15) is 9.90 Å². The Hall–Kier alpha value is -0.570. The van der Waals surface area contributed by atoms with Gasteiger partial charge in [-0.3, -0.25) is 4.79 Å². The second kappa shape index (κ2) is 5.85. The van der Waals surface area contributed by atoms with E-state index >= 15 is 0 Å². The third-order valence-electron chi connectivity index (χ3n) is 4.49. The summed E-state index contributed by atoms with van der Waals surface area (Å²) >= 11 is 0. The van der Waals surface area contributed by atoms with Crippen molar-refractivity contribution in [2.45, 2.75) is 58.0 Å². The molecule has 0 aromatic rings. The summed E-state index contributed by atoms with van der Waals surface area (Å²) in [4.78, 5) is 14.3. The fourth-order valence-corrected chi connectivity index (χ4v) is 3.21. The Kier molecular flexibility index (Phi) is 4.43. The van der Waals surface area contributed by atoms with Crippen LogP contribution in [0.3, 0.4) is 0 Å². The highest BCUT2D eigenvalue weighted by molar-refractivity contribution is 5.79. The zero-order valence-electron chi connectivity index (χ0n) is 10.9. The Labute approximate surface area is 104 Å². The number of aliphatic hydroxyl groups is 1. The second-order valence-corrected chi connectivity index (χ2v) is 5.74. The molecule has 1 aliphatic carbocycles. The number of carbonyl (C=O) groups is 1. The Bertz CT molecular complexity index is 251. The van der Waals surface area contributed by atoms with Gasteiger partial charge in [-0.2, -0.15) is 0 Å². The van der Waals surface area contributed by atoms with Crippen molar-refractivity contribution in [1.82, 2.24) is 4.90 Å². The highest BCUT2D eigenvalue weighted by Gasteiger charge is 2.30. The van der Waals surface area contributed by atoms with Crippen molar-refractivity contribution in [3.8, 4) is 0 Å². The van der Waals surface area contributed by atoms with Gasteiger partial charge in [0.05, 0.1) is 6.10 Å². The molecule has 0 spiro atoms. The molecule has 1 amide bonds. The summed E-state index contributed by atoms with van der Waals surface area (Å²) in [5.41, 5.74) is 0. The third kappa shape index (κ3) is 3.21. The normalized spacial score (nSPS) is 25.9. The number of likely N-dealkylation sites (tertiary alicyclic amines) is 1. The molecule has 3 nitrogen and oxygen atoms in total. The zero-order valence-corrected chi connectivity index (χ0v) is 10.9. The van der Waals surface area contributed by atoms with E-state index in [-0.39, 0.29) is 6.10 Å². The van der Waals surface area contributed by atoms with Crippen LogP contribution in [0.4, 0.5) is 0 Å².